The summed E-state index contributed by atoms with van der Waals surface area (Å²) in [7, 11) is 0. The van der Waals surface area contributed by atoms with Gasteiger partial charge in [-0.05, 0) is 64.7 Å². The Kier molecular flexibility index (Phi) is 8.05. The van der Waals surface area contributed by atoms with E-state index in [2.05, 4.69) is 6.08 Å². The van der Waals surface area contributed by atoms with Gasteiger partial charge in [0.2, 0.25) is 0 Å². The second kappa shape index (κ2) is 10.3. The highest BCUT2D eigenvalue weighted by Crippen LogP contribution is 2.42. The highest BCUT2D eigenvalue weighted by Gasteiger charge is 2.44. The van der Waals surface area contributed by atoms with Crippen molar-refractivity contribution in [3.63, 3.8) is 0 Å². The largest absolute Gasteiger partial charge is 0.508 e. The van der Waals surface area contributed by atoms with E-state index in [1.165, 1.54) is 23.8 Å². The van der Waals surface area contributed by atoms with Crippen LogP contribution in [0.3, 0.4) is 0 Å². The molecule has 2 rings (SSSR count). The number of phenolic OH excluding ortho intramolecular Hbond substituents is 2. The van der Waals surface area contributed by atoms with Gasteiger partial charge in [-0.15, -0.1) is 0 Å². The number of esters is 1. The van der Waals surface area contributed by atoms with Gasteiger partial charge in [0.05, 0.1) is 12.2 Å². The highest BCUT2D eigenvalue weighted by atomic mass is 16.7. The van der Waals surface area contributed by atoms with Gasteiger partial charge in [-0.2, -0.15) is 0 Å². The highest BCUT2D eigenvalue weighted by molar-refractivity contribution is 5.91. The van der Waals surface area contributed by atoms with Crippen molar-refractivity contribution in [2.75, 3.05) is 13.2 Å². The molecule has 1 heterocycles. The van der Waals surface area contributed by atoms with Crippen molar-refractivity contribution in [2.45, 2.75) is 52.2 Å². The first-order valence-corrected chi connectivity index (χ1v) is 9.85. The Bertz CT molecular complexity index is 821. The number of aliphatic hydroxyl groups is 1. The molecule has 0 saturated heterocycles. The summed E-state index contributed by atoms with van der Waals surface area (Å²) < 4.78 is 11.2. The number of phenols is 2. The van der Waals surface area contributed by atoms with E-state index in [-0.39, 0.29) is 30.3 Å². The first-order valence-electron chi connectivity index (χ1n) is 9.85. The second-order valence-electron chi connectivity index (χ2n) is 7.20. The summed E-state index contributed by atoms with van der Waals surface area (Å²) in [5.74, 6) is -2.20. The SMILES string of the molecule is CCOC1(c2cc(O)ccc2O)C=C(CC/C=C(\C)CC/C=C(/C)CO)C(=O)O1. The summed E-state index contributed by atoms with van der Waals surface area (Å²) in [5.41, 5.74) is 2.83. The van der Waals surface area contributed by atoms with Crippen LogP contribution < -0.4 is 0 Å². The van der Waals surface area contributed by atoms with E-state index in [1.54, 1.807) is 13.0 Å². The van der Waals surface area contributed by atoms with Gasteiger partial charge in [0.25, 0.3) is 5.79 Å². The number of ether oxygens (including phenoxy) is 2. The number of rotatable bonds is 10. The van der Waals surface area contributed by atoms with E-state index >= 15 is 0 Å². The summed E-state index contributed by atoms with van der Waals surface area (Å²) in [6.45, 7) is 6.03. The molecule has 3 N–H and O–H groups in total. The minimum Gasteiger partial charge on any atom is -0.508 e. The van der Waals surface area contributed by atoms with E-state index in [0.717, 1.165) is 18.4 Å². The molecular weight excluding hydrogens is 372 g/mol. The number of benzene rings is 1. The molecule has 0 amide bonds. The fraction of sp³-hybridized carbons (Fsp3) is 0.435. The molecule has 1 unspecified atom stereocenters. The minimum atomic E-state index is -1.53. The van der Waals surface area contributed by atoms with Crippen molar-refractivity contribution in [1.82, 2.24) is 0 Å². The number of carbonyl (C=O) groups is 1. The average molecular weight is 402 g/mol. The molecule has 1 aromatic carbocycles. The lowest BCUT2D eigenvalue weighted by molar-refractivity contribution is -0.202. The molecule has 1 aliphatic rings. The van der Waals surface area contributed by atoms with Gasteiger partial charge >= 0.3 is 5.97 Å². The molecule has 0 fully saturated rings. The molecular formula is C23H30O6. The molecule has 6 heteroatoms. The summed E-state index contributed by atoms with van der Waals surface area (Å²) in [6, 6.07) is 4.03. The number of hydrogen-bond donors (Lipinski definition) is 3. The lowest BCUT2D eigenvalue weighted by Gasteiger charge is -2.27. The fourth-order valence-electron chi connectivity index (χ4n) is 3.18. The average Bonchev–Trinajstić information content (AvgIpc) is 3.00. The van der Waals surface area contributed by atoms with Crippen molar-refractivity contribution in [1.29, 1.82) is 0 Å². The predicted molar refractivity (Wildman–Crippen MR) is 110 cm³/mol. The van der Waals surface area contributed by atoms with Crippen LogP contribution in [0.25, 0.3) is 0 Å². The van der Waals surface area contributed by atoms with Crippen LogP contribution >= 0.6 is 0 Å². The lowest BCUT2D eigenvalue weighted by Crippen LogP contribution is -2.29. The van der Waals surface area contributed by atoms with Crippen LogP contribution in [-0.2, 0) is 20.1 Å². The van der Waals surface area contributed by atoms with Crippen LogP contribution in [0.5, 0.6) is 11.5 Å². The Balaban J connectivity index is 2.11. The van der Waals surface area contributed by atoms with Gasteiger partial charge in [0.15, 0.2) is 0 Å². The monoisotopic (exact) mass is 402 g/mol. The summed E-state index contributed by atoms with van der Waals surface area (Å²) >= 11 is 0. The van der Waals surface area contributed by atoms with Crippen LogP contribution in [0, 0.1) is 0 Å². The first-order chi connectivity index (χ1) is 13.8. The van der Waals surface area contributed by atoms with Crippen molar-refractivity contribution >= 4 is 5.97 Å². The minimum absolute atomic E-state index is 0.0566. The third-order valence-corrected chi connectivity index (χ3v) is 4.77. The van der Waals surface area contributed by atoms with Crippen LogP contribution in [0.1, 0.15) is 52.0 Å². The zero-order chi connectivity index (χ0) is 21.4. The zero-order valence-electron chi connectivity index (χ0n) is 17.3. The van der Waals surface area contributed by atoms with E-state index in [0.29, 0.717) is 18.4 Å². The summed E-state index contributed by atoms with van der Waals surface area (Å²) in [6.07, 6.45) is 8.60. The quantitative estimate of drug-likeness (QED) is 0.308. The van der Waals surface area contributed by atoms with Gasteiger partial charge in [0, 0.05) is 18.3 Å². The van der Waals surface area contributed by atoms with Crippen molar-refractivity contribution in [3.8, 4) is 11.5 Å². The molecule has 6 nitrogen and oxygen atoms in total. The van der Waals surface area contributed by atoms with Crippen LogP contribution in [0.4, 0.5) is 0 Å². The van der Waals surface area contributed by atoms with Gasteiger partial charge in [-0.25, -0.2) is 4.79 Å². The van der Waals surface area contributed by atoms with Gasteiger partial charge < -0.3 is 24.8 Å². The lowest BCUT2D eigenvalue weighted by atomic mass is 10.0. The number of carbonyl (C=O) groups excluding carboxylic acids is 1. The number of hydrogen-bond acceptors (Lipinski definition) is 6. The van der Waals surface area contributed by atoms with Gasteiger partial charge in [-0.1, -0.05) is 23.3 Å². The normalized spacial score (nSPS) is 20.0. The van der Waals surface area contributed by atoms with Crippen LogP contribution in [0.2, 0.25) is 0 Å². The smallest absolute Gasteiger partial charge is 0.336 e. The third kappa shape index (κ3) is 5.95. The van der Waals surface area contributed by atoms with Crippen molar-refractivity contribution < 1.29 is 29.6 Å². The second-order valence-corrected chi connectivity index (χ2v) is 7.20. The molecule has 0 aliphatic carbocycles. The maximum Gasteiger partial charge on any atom is 0.336 e. The number of cyclic esters (lactones) is 1. The molecule has 1 atom stereocenters. The van der Waals surface area contributed by atoms with Gasteiger partial charge in [0.1, 0.15) is 11.5 Å². The molecule has 1 aromatic rings. The maximum atomic E-state index is 12.4. The predicted octanol–water partition coefficient (Wildman–Crippen LogP) is 4.22. The van der Waals surface area contributed by atoms with E-state index in [1.807, 2.05) is 19.9 Å². The molecule has 0 spiro atoms. The molecule has 29 heavy (non-hydrogen) atoms. The number of aromatic hydroxyl groups is 2. The Morgan fingerprint density at radius 3 is 2.59 bits per heavy atom. The maximum absolute atomic E-state index is 12.4. The Hall–Kier alpha value is -2.57. The summed E-state index contributed by atoms with van der Waals surface area (Å²) in [4.78, 5) is 12.4. The number of allylic oxidation sites excluding steroid dienone is 3. The van der Waals surface area contributed by atoms with Crippen LogP contribution in [0.15, 0.2) is 53.1 Å². The van der Waals surface area contributed by atoms with E-state index in [4.69, 9.17) is 14.6 Å². The van der Waals surface area contributed by atoms with E-state index < -0.39 is 11.8 Å². The molecule has 0 aromatic heterocycles. The first kappa shape index (κ1) is 22.7. The topological polar surface area (TPSA) is 96.2 Å². The Morgan fingerprint density at radius 1 is 1.17 bits per heavy atom. The molecule has 1 aliphatic heterocycles. The van der Waals surface area contributed by atoms with Gasteiger partial charge in [-0.3, -0.25) is 0 Å². The van der Waals surface area contributed by atoms with Crippen LogP contribution in [-0.4, -0.2) is 34.5 Å². The zero-order valence-corrected chi connectivity index (χ0v) is 17.3. The summed E-state index contributed by atoms with van der Waals surface area (Å²) in [5, 5.41) is 29.0. The Morgan fingerprint density at radius 2 is 1.90 bits per heavy atom. The van der Waals surface area contributed by atoms with E-state index in [9.17, 15) is 15.0 Å². The standard InChI is InChI=1S/C23H30O6/c1-4-28-23(20-13-19(25)11-12-21(20)26)14-18(22(27)29-23)10-6-8-16(2)7-5-9-17(3)15-24/h8-9,11-14,24-26H,4-7,10,15H2,1-3H3/b16-8+,17-9-. The molecule has 0 radical (unpaired) electrons. The third-order valence-electron chi connectivity index (χ3n) is 4.77. The molecule has 0 bridgehead atoms. The fourth-order valence-corrected chi connectivity index (χ4v) is 3.18. The molecule has 0 saturated carbocycles. The van der Waals surface area contributed by atoms with Crippen molar-refractivity contribution in [3.05, 3.63) is 58.7 Å². The molecule has 158 valence electrons. The van der Waals surface area contributed by atoms with Crippen molar-refractivity contribution in [2.24, 2.45) is 0 Å². The number of aliphatic hydroxyl groups excluding tert-OH is 1. The Labute approximate surface area is 171 Å².